The van der Waals surface area contributed by atoms with E-state index in [9.17, 15) is 9.90 Å². The normalized spacial score (nSPS) is 25.1. The fraction of sp³-hybridized carbons (Fsp3) is 0.375. The van der Waals surface area contributed by atoms with Crippen molar-refractivity contribution in [3.8, 4) is 28.7 Å². The number of aliphatic hydroxyl groups excluding tert-OH is 1. The molecule has 2 aromatic carbocycles. The summed E-state index contributed by atoms with van der Waals surface area (Å²) in [5.41, 5.74) is 2.19. The summed E-state index contributed by atoms with van der Waals surface area (Å²) in [7, 11) is 3.84. The molecule has 5 N–H and O–H groups in total. The predicted molar refractivity (Wildman–Crippen MR) is 118 cm³/mol. The molecule has 3 aliphatic rings. The number of hydrogen-bond acceptors (Lipinski definition) is 8. The second-order valence-electron chi connectivity index (χ2n) is 8.60. The van der Waals surface area contributed by atoms with Crippen LogP contribution in [0.25, 0.3) is 0 Å². The highest BCUT2D eigenvalue weighted by Gasteiger charge is 2.52. The van der Waals surface area contributed by atoms with E-state index in [1.165, 1.54) is 11.1 Å². The van der Waals surface area contributed by atoms with Gasteiger partial charge in [-0.1, -0.05) is 18.2 Å². The number of phenolic OH excluding ortho intramolecular Hbond substituents is 3. The van der Waals surface area contributed by atoms with E-state index in [1.807, 2.05) is 12.1 Å². The summed E-state index contributed by atoms with van der Waals surface area (Å²) in [6.07, 6.45) is 5.38. The second-order valence-corrected chi connectivity index (χ2v) is 8.60. The van der Waals surface area contributed by atoms with Crippen LogP contribution in [0, 0.1) is 0 Å². The van der Waals surface area contributed by atoms with E-state index in [4.69, 9.17) is 29.9 Å². The molecule has 9 nitrogen and oxygen atoms in total. The second kappa shape index (κ2) is 8.49. The van der Waals surface area contributed by atoms with Crippen molar-refractivity contribution in [1.82, 2.24) is 4.90 Å². The predicted octanol–water partition coefficient (Wildman–Crippen LogP) is 2.35. The van der Waals surface area contributed by atoms with Crippen LogP contribution >= 0.6 is 0 Å². The molecule has 0 fully saturated rings. The summed E-state index contributed by atoms with van der Waals surface area (Å²) in [5.74, 6) is -1.65. The number of aromatic hydroxyl groups is 3. The van der Waals surface area contributed by atoms with Crippen molar-refractivity contribution in [1.29, 1.82) is 0 Å². The molecule has 0 saturated carbocycles. The third-order valence-electron chi connectivity index (χ3n) is 6.46. The topological polar surface area (TPSA) is 140 Å². The lowest BCUT2D eigenvalue weighted by molar-refractivity contribution is 0.0695. The number of aromatic carboxylic acids is 1. The van der Waals surface area contributed by atoms with E-state index >= 15 is 0 Å². The van der Waals surface area contributed by atoms with Gasteiger partial charge >= 0.3 is 5.97 Å². The maximum absolute atomic E-state index is 10.3. The molecule has 0 bridgehead atoms. The zero-order chi connectivity index (χ0) is 23.9. The van der Waals surface area contributed by atoms with Gasteiger partial charge in [-0.05, 0) is 43.8 Å². The van der Waals surface area contributed by atoms with Gasteiger partial charge in [0, 0.05) is 18.5 Å². The van der Waals surface area contributed by atoms with E-state index in [1.54, 1.807) is 7.11 Å². The zero-order valence-corrected chi connectivity index (χ0v) is 18.4. The average Bonchev–Trinajstić information content (AvgIpc) is 3.03. The van der Waals surface area contributed by atoms with Gasteiger partial charge in [0.15, 0.2) is 28.7 Å². The Balaban J connectivity index is 0.000000185. The van der Waals surface area contributed by atoms with Crippen LogP contribution in [0.5, 0.6) is 28.7 Å². The molecule has 1 spiro atoms. The van der Waals surface area contributed by atoms with Crippen LogP contribution in [0.4, 0.5) is 0 Å². The van der Waals surface area contributed by atoms with Crippen molar-refractivity contribution in [2.24, 2.45) is 0 Å². The molecule has 0 unspecified atom stereocenters. The van der Waals surface area contributed by atoms with Crippen molar-refractivity contribution in [2.45, 2.75) is 37.0 Å². The first kappa shape index (κ1) is 22.8. The lowest BCUT2D eigenvalue weighted by Crippen LogP contribution is -2.42. The van der Waals surface area contributed by atoms with Crippen molar-refractivity contribution < 1.29 is 39.8 Å². The molecule has 0 aromatic heterocycles. The third-order valence-corrected chi connectivity index (χ3v) is 6.46. The Bertz CT molecular complexity index is 1090. The Morgan fingerprint density at radius 3 is 2.55 bits per heavy atom. The number of carbonyl (C=O) groups is 1. The largest absolute Gasteiger partial charge is 0.504 e. The first-order chi connectivity index (χ1) is 15.7. The fourth-order valence-electron chi connectivity index (χ4n) is 4.80. The number of benzene rings is 2. The number of rotatable bonds is 2. The highest BCUT2D eigenvalue weighted by molar-refractivity contribution is 5.89. The first-order valence-corrected chi connectivity index (χ1v) is 10.6. The number of nitrogens with zero attached hydrogens (tertiary/aromatic N) is 1. The van der Waals surface area contributed by atoms with Gasteiger partial charge in [-0.15, -0.1) is 0 Å². The number of phenols is 3. The van der Waals surface area contributed by atoms with Gasteiger partial charge < -0.3 is 39.9 Å². The maximum Gasteiger partial charge on any atom is 0.335 e. The minimum absolute atomic E-state index is 0.00838. The van der Waals surface area contributed by atoms with Gasteiger partial charge in [-0.2, -0.15) is 0 Å². The lowest BCUT2D eigenvalue weighted by Gasteiger charge is -2.35. The molecule has 2 aromatic rings. The highest BCUT2D eigenvalue weighted by atomic mass is 16.5. The molecule has 2 heterocycles. The molecule has 0 radical (unpaired) electrons. The maximum atomic E-state index is 10.3. The number of aliphatic hydroxyl groups is 1. The summed E-state index contributed by atoms with van der Waals surface area (Å²) in [4.78, 5) is 12.7. The molecular weight excluding hydrogens is 430 g/mol. The van der Waals surface area contributed by atoms with Crippen LogP contribution in [-0.2, 0) is 12.0 Å². The number of carboxylic acid groups (broad SMARTS) is 1. The minimum Gasteiger partial charge on any atom is -0.504 e. The van der Waals surface area contributed by atoms with E-state index in [0.29, 0.717) is 6.42 Å². The molecule has 33 heavy (non-hydrogen) atoms. The smallest absolute Gasteiger partial charge is 0.335 e. The molecule has 3 atom stereocenters. The zero-order valence-electron chi connectivity index (χ0n) is 18.4. The highest BCUT2D eigenvalue weighted by Crippen LogP contribution is 2.55. The standard InChI is InChI=1S/C17H21NO3.C7H6O5/c1-18-8-7-17-6-5-12(19)9-14(17)21-16-13(20-2)4-3-11(10-18)15(16)17;8-4-1-3(7(11)12)2-5(9)6(4)10/h3-6,12,14,19H,7-10H2,1-2H3;1-2,8-10H,(H,11,12)/t12-,14-,17-;/m0./s1. The number of carboxylic acids is 1. The molecule has 0 saturated heterocycles. The third kappa shape index (κ3) is 3.94. The molecule has 5 rings (SSSR count). The molecule has 1 aliphatic carbocycles. The van der Waals surface area contributed by atoms with Gasteiger partial charge in [0.1, 0.15) is 6.10 Å². The molecule has 176 valence electrons. The summed E-state index contributed by atoms with van der Waals surface area (Å²) < 4.78 is 11.8. The van der Waals surface area contributed by atoms with Crippen LogP contribution in [0.3, 0.4) is 0 Å². The Labute approximate surface area is 190 Å². The van der Waals surface area contributed by atoms with Crippen LogP contribution < -0.4 is 9.47 Å². The van der Waals surface area contributed by atoms with Gasteiger partial charge in [-0.25, -0.2) is 4.79 Å². The van der Waals surface area contributed by atoms with Crippen LogP contribution in [0.2, 0.25) is 0 Å². The fourth-order valence-corrected chi connectivity index (χ4v) is 4.80. The van der Waals surface area contributed by atoms with E-state index in [-0.39, 0.29) is 17.1 Å². The first-order valence-electron chi connectivity index (χ1n) is 10.6. The lowest BCUT2D eigenvalue weighted by atomic mass is 9.69. The van der Waals surface area contributed by atoms with Gasteiger partial charge in [0.25, 0.3) is 0 Å². The summed E-state index contributed by atoms with van der Waals surface area (Å²) >= 11 is 0. The molecular formula is C24H27NO8. The van der Waals surface area contributed by atoms with Crippen molar-refractivity contribution >= 4 is 5.97 Å². The van der Waals surface area contributed by atoms with E-state index < -0.39 is 29.3 Å². The number of hydrogen-bond donors (Lipinski definition) is 5. The van der Waals surface area contributed by atoms with Gasteiger partial charge in [0.2, 0.25) is 0 Å². The Morgan fingerprint density at radius 2 is 1.91 bits per heavy atom. The Morgan fingerprint density at radius 1 is 1.21 bits per heavy atom. The molecule has 0 amide bonds. The summed E-state index contributed by atoms with van der Waals surface area (Å²) in [5, 5.41) is 44.9. The SMILES string of the molecule is COc1ccc2c3c1O[C@H]1C[C@@H](O)C=C[C@@]31CCN(C)C2.O=C(O)c1cc(O)c(O)c(O)c1. The van der Waals surface area contributed by atoms with Gasteiger partial charge in [-0.3, -0.25) is 0 Å². The summed E-state index contributed by atoms with van der Waals surface area (Å²) in [6.45, 7) is 1.96. The van der Waals surface area contributed by atoms with Crippen LogP contribution in [0.1, 0.15) is 34.3 Å². The monoisotopic (exact) mass is 457 g/mol. The van der Waals surface area contributed by atoms with Gasteiger partial charge in [0.05, 0.1) is 24.2 Å². The average molecular weight is 457 g/mol. The van der Waals surface area contributed by atoms with Crippen molar-refractivity contribution in [2.75, 3.05) is 20.7 Å². The Hall–Kier alpha value is -3.43. The molecule has 9 heteroatoms. The quantitative estimate of drug-likeness (QED) is 0.340. The Kier molecular flexibility index (Phi) is 5.85. The van der Waals surface area contributed by atoms with E-state index in [0.717, 1.165) is 43.1 Å². The number of methoxy groups -OCH3 is 1. The summed E-state index contributed by atoms with van der Waals surface area (Å²) in [6, 6.07) is 5.85. The van der Waals surface area contributed by atoms with Crippen molar-refractivity contribution in [3.05, 3.63) is 53.1 Å². The minimum atomic E-state index is -1.29. The molecule has 2 aliphatic heterocycles. The van der Waals surface area contributed by atoms with Crippen LogP contribution in [-0.4, -0.2) is 69.3 Å². The number of ether oxygens (including phenoxy) is 2. The van der Waals surface area contributed by atoms with Crippen molar-refractivity contribution in [3.63, 3.8) is 0 Å². The van der Waals surface area contributed by atoms with Crippen LogP contribution in [0.15, 0.2) is 36.4 Å². The van der Waals surface area contributed by atoms with E-state index in [2.05, 4.69) is 24.1 Å².